The fourth-order valence-electron chi connectivity index (χ4n) is 2.16. The van der Waals surface area contributed by atoms with Crippen LogP contribution in [0.2, 0.25) is 0 Å². The van der Waals surface area contributed by atoms with Crippen LogP contribution in [-0.2, 0) is 9.53 Å². The van der Waals surface area contributed by atoms with Crippen molar-refractivity contribution in [1.29, 1.82) is 0 Å². The van der Waals surface area contributed by atoms with Crippen LogP contribution in [0.1, 0.15) is 48.0 Å². The highest BCUT2D eigenvalue weighted by molar-refractivity contribution is 5.75. The Balaban J connectivity index is 4.53. The van der Waals surface area contributed by atoms with Crippen LogP contribution in [0.4, 0.5) is 0 Å². The van der Waals surface area contributed by atoms with Crippen LogP contribution < -0.4 is 0 Å². The van der Waals surface area contributed by atoms with Gasteiger partial charge in [-0.3, -0.25) is 4.90 Å². The lowest BCUT2D eigenvalue weighted by molar-refractivity contribution is -0.118. The first kappa shape index (κ1) is 17.2. The summed E-state index contributed by atoms with van der Waals surface area (Å²) in [5.41, 5.74) is 0. The van der Waals surface area contributed by atoms with Gasteiger partial charge in [0.1, 0.15) is 5.78 Å². The Morgan fingerprint density at radius 1 is 1.17 bits per heavy atom. The van der Waals surface area contributed by atoms with Gasteiger partial charge in [-0.25, -0.2) is 0 Å². The fraction of sp³-hybridized carbons (Fsp3) is 0.800. The highest BCUT2D eigenvalue weighted by Gasteiger charge is 2.20. The van der Waals surface area contributed by atoms with Crippen LogP contribution in [0.3, 0.4) is 0 Å². The van der Waals surface area contributed by atoms with Crippen molar-refractivity contribution in [2.45, 2.75) is 60.0 Å². The molecule has 0 aromatic rings. The van der Waals surface area contributed by atoms with E-state index in [9.17, 15) is 4.79 Å². The van der Waals surface area contributed by atoms with Gasteiger partial charge in [-0.1, -0.05) is 6.58 Å². The summed E-state index contributed by atoms with van der Waals surface area (Å²) in [5, 5.41) is 0. The molecule has 1 atom stereocenters. The summed E-state index contributed by atoms with van der Waals surface area (Å²) in [6, 6.07) is 0.952. The molecule has 0 N–H and O–H groups in total. The Labute approximate surface area is 112 Å². The van der Waals surface area contributed by atoms with Crippen molar-refractivity contribution < 1.29 is 9.53 Å². The third kappa shape index (κ3) is 7.49. The number of rotatable bonds is 9. The number of ether oxygens (including phenoxy) is 1. The molecule has 0 amide bonds. The Kier molecular flexibility index (Phi) is 7.92. The summed E-state index contributed by atoms with van der Waals surface area (Å²) in [6.45, 7) is 17.4. The average Bonchev–Trinajstić information content (AvgIpc) is 2.19. The highest BCUT2D eigenvalue weighted by Crippen LogP contribution is 2.14. The molecule has 0 bridgehead atoms. The number of carbonyl (C=O) groups excluding carboxylic acids is 1. The first-order valence-corrected chi connectivity index (χ1v) is 6.77. The van der Waals surface area contributed by atoms with Crippen molar-refractivity contribution in [3.8, 4) is 0 Å². The minimum atomic E-state index is 0.220. The van der Waals surface area contributed by atoms with Crippen LogP contribution in [0, 0.1) is 5.92 Å². The van der Waals surface area contributed by atoms with E-state index in [4.69, 9.17) is 4.74 Å². The molecule has 0 fully saturated rings. The van der Waals surface area contributed by atoms with Crippen molar-refractivity contribution in [2.75, 3.05) is 13.2 Å². The lowest BCUT2D eigenvalue weighted by Gasteiger charge is -2.33. The quantitative estimate of drug-likeness (QED) is 0.592. The first-order valence-electron chi connectivity index (χ1n) is 6.77. The number of hydrogen-bond donors (Lipinski definition) is 0. The zero-order chi connectivity index (χ0) is 14.3. The number of ketones is 1. The number of allylic oxidation sites excluding steroid dienone is 1. The van der Waals surface area contributed by atoms with Crippen molar-refractivity contribution in [2.24, 2.45) is 5.92 Å². The molecule has 18 heavy (non-hydrogen) atoms. The second-order valence-electron chi connectivity index (χ2n) is 5.67. The van der Waals surface area contributed by atoms with Crippen LogP contribution in [0.25, 0.3) is 0 Å². The molecular formula is C15H29NO2. The largest absolute Gasteiger partial charge is 0.499 e. The zero-order valence-electron chi connectivity index (χ0n) is 12.8. The van der Waals surface area contributed by atoms with E-state index in [1.54, 1.807) is 6.92 Å². The van der Waals surface area contributed by atoms with E-state index < -0.39 is 0 Å². The van der Waals surface area contributed by atoms with Crippen molar-refractivity contribution in [1.82, 2.24) is 4.90 Å². The van der Waals surface area contributed by atoms with Gasteiger partial charge in [0.2, 0.25) is 0 Å². The van der Waals surface area contributed by atoms with Gasteiger partial charge in [0.05, 0.1) is 12.4 Å². The minimum Gasteiger partial charge on any atom is -0.499 e. The molecule has 0 aliphatic rings. The fourth-order valence-corrected chi connectivity index (χ4v) is 2.16. The van der Waals surface area contributed by atoms with Crippen LogP contribution in [0.5, 0.6) is 0 Å². The lowest BCUT2D eigenvalue weighted by Crippen LogP contribution is -2.41. The number of hydrogen-bond acceptors (Lipinski definition) is 3. The zero-order valence-corrected chi connectivity index (χ0v) is 12.8. The molecule has 0 aliphatic heterocycles. The number of carbonyl (C=O) groups is 1. The van der Waals surface area contributed by atoms with Crippen LogP contribution in [0.15, 0.2) is 12.3 Å². The monoisotopic (exact) mass is 255 g/mol. The molecule has 0 saturated carbocycles. The second-order valence-corrected chi connectivity index (χ2v) is 5.67. The maximum atomic E-state index is 11.3. The third-order valence-electron chi connectivity index (χ3n) is 2.94. The summed E-state index contributed by atoms with van der Waals surface area (Å²) >= 11 is 0. The maximum absolute atomic E-state index is 11.3. The summed E-state index contributed by atoms with van der Waals surface area (Å²) < 4.78 is 5.49. The molecule has 0 radical (unpaired) electrons. The smallest absolute Gasteiger partial charge is 0.130 e. The Bertz CT molecular complexity index is 264. The molecule has 3 nitrogen and oxygen atoms in total. The van der Waals surface area contributed by atoms with Gasteiger partial charge in [-0.05, 0) is 41.5 Å². The average molecular weight is 255 g/mol. The van der Waals surface area contributed by atoms with Gasteiger partial charge < -0.3 is 9.53 Å². The van der Waals surface area contributed by atoms with Gasteiger partial charge in [-0.15, -0.1) is 0 Å². The summed E-state index contributed by atoms with van der Waals surface area (Å²) in [5.74, 6) is 1.17. The molecule has 106 valence electrons. The predicted octanol–water partition coefficient (Wildman–Crippen LogP) is 3.25. The first-order chi connectivity index (χ1) is 8.23. The molecule has 3 heteroatoms. The number of nitrogens with zero attached hydrogens (tertiary/aromatic N) is 1. The SMILES string of the molecule is C=C(C)OCC(CC(C)=O)CN(C(C)C)C(C)C. The molecule has 0 aromatic heterocycles. The van der Waals surface area contributed by atoms with Crippen molar-refractivity contribution >= 4 is 5.78 Å². The van der Waals surface area contributed by atoms with Gasteiger partial charge >= 0.3 is 0 Å². The maximum Gasteiger partial charge on any atom is 0.130 e. The molecule has 0 aromatic carbocycles. The van der Waals surface area contributed by atoms with E-state index in [-0.39, 0.29) is 11.7 Å². The minimum absolute atomic E-state index is 0.220. The van der Waals surface area contributed by atoms with Gasteiger partial charge in [-0.2, -0.15) is 0 Å². The summed E-state index contributed by atoms with van der Waals surface area (Å²) in [4.78, 5) is 13.7. The van der Waals surface area contributed by atoms with E-state index in [0.29, 0.717) is 30.9 Å². The van der Waals surface area contributed by atoms with Gasteiger partial charge in [0, 0.05) is 31.0 Å². The normalized spacial score (nSPS) is 13.2. The Morgan fingerprint density at radius 3 is 2.00 bits per heavy atom. The van der Waals surface area contributed by atoms with E-state index >= 15 is 0 Å². The van der Waals surface area contributed by atoms with E-state index in [1.165, 1.54) is 0 Å². The number of Topliss-reactive ketones (excluding diaryl/α,β-unsaturated/α-hetero) is 1. The molecule has 0 rings (SSSR count). The molecular weight excluding hydrogens is 226 g/mol. The lowest BCUT2D eigenvalue weighted by atomic mass is 10.0. The molecule has 0 aliphatic carbocycles. The molecule has 0 spiro atoms. The topological polar surface area (TPSA) is 29.5 Å². The van der Waals surface area contributed by atoms with Crippen molar-refractivity contribution in [3.63, 3.8) is 0 Å². The summed E-state index contributed by atoms with van der Waals surface area (Å²) in [7, 11) is 0. The Morgan fingerprint density at radius 2 is 1.67 bits per heavy atom. The summed E-state index contributed by atoms with van der Waals surface area (Å²) in [6.07, 6.45) is 0.573. The van der Waals surface area contributed by atoms with Gasteiger partial charge in [0.25, 0.3) is 0 Å². The predicted molar refractivity (Wildman–Crippen MR) is 76.5 cm³/mol. The Hall–Kier alpha value is -0.830. The highest BCUT2D eigenvalue weighted by atomic mass is 16.5. The third-order valence-corrected chi connectivity index (χ3v) is 2.94. The molecule has 0 heterocycles. The van der Waals surface area contributed by atoms with E-state index in [0.717, 1.165) is 6.54 Å². The van der Waals surface area contributed by atoms with Crippen LogP contribution >= 0.6 is 0 Å². The van der Waals surface area contributed by atoms with Crippen molar-refractivity contribution in [3.05, 3.63) is 12.3 Å². The molecule has 1 unspecified atom stereocenters. The van der Waals surface area contributed by atoms with Crippen LogP contribution in [-0.4, -0.2) is 35.9 Å². The van der Waals surface area contributed by atoms with E-state index in [1.807, 2.05) is 6.92 Å². The standard InChI is InChI=1S/C15H29NO2/c1-11(2)16(12(3)4)9-15(8-14(7)17)10-18-13(5)6/h11-12,15H,5,8-10H2,1-4,6-7H3. The van der Waals surface area contributed by atoms with E-state index in [2.05, 4.69) is 39.2 Å². The van der Waals surface area contributed by atoms with Gasteiger partial charge in [0.15, 0.2) is 0 Å². The molecule has 0 saturated heterocycles. The second kappa shape index (κ2) is 8.30.